The first-order valence-corrected chi connectivity index (χ1v) is 10.6. The van der Waals surface area contributed by atoms with Crippen LogP contribution in [0.15, 0.2) is 85.1 Å². The Morgan fingerprint density at radius 2 is 1.67 bits per heavy atom. The average molecular weight is 431 g/mol. The molecule has 0 fully saturated rings. The zero-order valence-corrected chi connectivity index (χ0v) is 18.1. The molecule has 2 N–H and O–H groups in total. The number of carbonyl (C=O) groups is 1. The molecule has 5 aromatic rings. The van der Waals surface area contributed by atoms with E-state index in [0.29, 0.717) is 5.56 Å². The van der Waals surface area contributed by atoms with Crippen LogP contribution in [0.5, 0.6) is 0 Å². The number of hydrogen-bond donors (Lipinski definition) is 1. The van der Waals surface area contributed by atoms with Crippen LogP contribution in [0.2, 0.25) is 0 Å². The zero-order chi connectivity index (χ0) is 22.9. The molecule has 6 heteroatoms. The summed E-state index contributed by atoms with van der Waals surface area (Å²) in [4.78, 5) is 11.4. The molecule has 1 amide bonds. The molecule has 0 aliphatic rings. The molecular weight excluding hydrogens is 410 g/mol. The van der Waals surface area contributed by atoms with E-state index < -0.39 is 5.91 Å². The second-order valence-electron chi connectivity index (χ2n) is 8.02. The Morgan fingerprint density at radius 3 is 2.30 bits per heavy atom. The number of hydrogen-bond acceptors (Lipinski definition) is 3. The van der Waals surface area contributed by atoms with Crippen molar-refractivity contribution in [2.45, 2.75) is 13.5 Å². The van der Waals surface area contributed by atoms with Crippen molar-refractivity contribution >= 4 is 16.8 Å². The van der Waals surface area contributed by atoms with Gasteiger partial charge in [-0.15, -0.1) is 0 Å². The quantitative estimate of drug-likeness (QED) is 0.433. The molecule has 0 radical (unpaired) electrons. The molecule has 0 aliphatic carbocycles. The summed E-state index contributed by atoms with van der Waals surface area (Å²) in [5.74, 6) is -0.533. The number of amides is 1. The lowest BCUT2D eigenvalue weighted by molar-refractivity contribution is 0.0995. The van der Waals surface area contributed by atoms with Gasteiger partial charge >= 0.3 is 0 Å². The Bertz CT molecular complexity index is 1520. The number of nitriles is 1. The minimum absolute atomic E-state index is 0.259. The highest BCUT2D eigenvalue weighted by molar-refractivity contribution is 5.91. The van der Waals surface area contributed by atoms with Crippen LogP contribution in [0.1, 0.15) is 27.3 Å². The first-order chi connectivity index (χ1) is 16.0. The van der Waals surface area contributed by atoms with Crippen LogP contribution in [0.4, 0.5) is 0 Å². The van der Waals surface area contributed by atoms with Crippen molar-refractivity contribution in [3.63, 3.8) is 0 Å². The largest absolute Gasteiger partial charge is 0.364 e. The number of rotatable bonds is 5. The van der Waals surface area contributed by atoms with E-state index in [-0.39, 0.29) is 5.69 Å². The maximum absolute atomic E-state index is 11.4. The van der Waals surface area contributed by atoms with Gasteiger partial charge in [-0.2, -0.15) is 10.4 Å². The number of carbonyl (C=O) groups excluding carboxylic acids is 1. The standard InChI is InChI=1S/C27H21N5O/c1-18-14-25(27(29)33)30-32(18)24-10-11-26-23(15-24)12-13-31(26)17-20-4-8-22(9-5-20)21-6-2-19(16-28)3-7-21/h2-15H,17H2,1H3,(H2,29,33). The maximum atomic E-state index is 11.4. The molecule has 0 spiro atoms. The van der Waals surface area contributed by atoms with Gasteiger partial charge in [-0.25, -0.2) is 4.68 Å². The maximum Gasteiger partial charge on any atom is 0.269 e. The highest BCUT2D eigenvalue weighted by Crippen LogP contribution is 2.24. The predicted octanol–water partition coefficient (Wildman–Crippen LogP) is 4.82. The van der Waals surface area contributed by atoms with E-state index in [9.17, 15) is 4.79 Å². The topological polar surface area (TPSA) is 89.6 Å². The lowest BCUT2D eigenvalue weighted by Gasteiger charge is -2.09. The minimum Gasteiger partial charge on any atom is -0.364 e. The van der Waals surface area contributed by atoms with E-state index in [4.69, 9.17) is 11.0 Å². The molecule has 2 aromatic heterocycles. The van der Waals surface area contributed by atoms with Crippen molar-refractivity contribution in [3.05, 3.63) is 108 Å². The Hall–Kier alpha value is -4.63. The third kappa shape index (κ3) is 3.88. The Labute approximate surface area is 191 Å². The normalized spacial score (nSPS) is 10.9. The van der Waals surface area contributed by atoms with Crippen molar-refractivity contribution < 1.29 is 4.79 Å². The number of primary amides is 1. The number of benzene rings is 3. The van der Waals surface area contributed by atoms with Crippen molar-refractivity contribution in [1.82, 2.24) is 14.3 Å². The Balaban J connectivity index is 1.38. The van der Waals surface area contributed by atoms with Gasteiger partial charge in [-0.1, -0.05) is 36.4 Å². The van der Waals surface area contributed by atoms with Crippen molar-refractivity contribution in [1.29, 1.82) is 5.26 Å². The zero-order valence-electron chi connectivity index (χ0n) is 18.1. The highest BCUT2D eigenvalue weighted by atomic mass is 16.1. The van der Waals surface area contributed by atoms with Gasteiger partial charge in [0.15, 0.2) is 5.69 Å². The molecule has 0 saturated heterocycles. The molecule has 160 valence electrons. The fourth-order valence-corrected chi connectivity index (χ4v) is 4.05. The SMILES string of the molecule is Cc1cc(C(N)=O)nn1-c1ccc2c(ccn2Cc2ccc(-c3ccc(C#N)cc3)cc2)c1. The molecule has 0 atom stereocenters. The third-order valence-corrected chi connectivity index (χ3v) is 5.79. The second kappa shape index (κ2) is 8.13. The Kier molecular flexibility index (Phi) is 5.00. The van der Waals surface area contributed by atoms with Crippen LogP contribution >= 0.6 is 0 Å². The van der Waals surface area contributed by atoms with E-state index in [1.165, 1.54) is 5.56 Å². The molecule has 0 aliphatic heterocycles. The van der Waals surface area contributed by atoms with Crippen molar-refractivity contribution in [3.8, 4) is 22.9 Å². The summed E-state index contributed by atoms with van der Waals surface area (Å²) < 4.78 is 3.94. The molecular formula is C27H21N5O. The first kappa shape index (κ1) is 20.3. The fourth-order valence-electron chi connectivity index (χ4n) is 4.05. The summed E-state index contributed by atoms with van der Waals surface area (Å²) in [6.45, 7) is 2.65. The van der Waals surface area contributed by atoms with Crippen LogP contribution in [0, 0.1) is 18.3 Å². The lowest BCUT2D eigenvalue weighted by atomic mass is 10.0. The van der Waals surface area contributed by atoms with Gasteiger partial charge in [-0.05, 0) is 66.1 Å². The summed E-state index contributed by atoms with van der Waals surface area (Å²) in [6.07, 6.45) is 2.08. The minimum atomic E-state index is -0.533. The van der Waals surface area contributed by atoms with Crippen LogP contribution in [0.25, 0.3) is 27.7 Å². The summed E-state index contributed by atoms with van der Waals surface area (Å²) in [6, 6.07) is 28.1. The monoisotopic (exact) mass is 431 g/mol. The number of aryl methyl sites for hydroxylation is 1. The number of fused-ring (bicyclic) bond motifs is 1. The summed E-state index contributed by atoms with van der Waals surface area (Å²) >= 11 is 0. The molecule has 3 aromatic carbocycles. The van der Waals surface area contributed by atoms with E-state index >= 15 is 0 Å². The highest BCUT2D eigenvalue weighted by Gasteiger charge is 2.11. The summed E-state index contributed by atoms with van der Waals surface area (Å²) in [5.41, 5.74) is 12.6. The van der Waals surface area contributed by atoms with Gasteiger partial charge in [-0.3, -0.25) is 4.79 Å². The molecule has 0 unspecified atom stereocenters. The fraction of sp³-hybridized carbons (Fsp3) is 0.0741. The van der Waals surface area contributed by atoms with Crippen LogP contribution in [-0.4, -0.2) is 20.3 Å². The second-order valence-corrected chi connectivity index (χ2v) is 8.02. The number of nitrogens with two attached hydrogens (primary N) is 1. The van der Waals surface area contributed by atoms with E-state index in [2.05, 4.69) is 64.4 Å². The van der Waals surface area contributed by atoms with Gasteiger partial charge in [0.05, 0.1) is 17.3 Å². The van der Waals surface area contributed by atoms with Crippen molar-refractivity contribution in [2.24, 2.45) is 5.73 Å². The van der Waals surface area contributed by atoms with Gasteiger partial charge in [0.2, 0.25) is 0 Å². The summed E-state index contributed by atoms with van der Waals surface area (Å²) in [7, 11) is 0. The van der Waals surface area contributed by atoms with Crippen molar-refractivity contribution in [2.75, 3.05) is 0 Å². The predicted molar refractivity (Wildman–Crippen MR) is 128 cm³/mol. The molecule has 6 nitrogen and oxygen atoms in total. The lowest BCUT2D eigenvalue weighted by Crippen LogP contribution is -2.12. The average Bonchev–Trinajstić information content (AvgIpc) is 3.43. The first-order valence-electron chi connectivity index (χ1n) is 10.6. The molecule has 5 rings (SSSR count). The van der Waals surface area contributed by atoms with Crippen LogP contribution in [0.3, 0.4) is 0 Å². The van der Waals surface area contributed by atoms with Crippen LogP contribution in [-0.2, 0) is 6.54 Å². The molecule has 2 heterocycles. The van der Waals surface area contributed by atoms with Gasteiger partial charge in [0, 0.05) is 29.3 Å². The molecule has 33 heavy (non-hydrogen) atoms. The van der Waals surface area contributed by atoms with Gasteiger partial charge in [0.25, 0.3) is 5.91 Å². The molecule has 0 bridgehead atoms. The van der Waals surface area contributed by atoms with E-state index in [1.54, 1.807) is 10.7 Å². The van der Waals surface area contributed by atoms with E-state index in [1.807, 2.05) is 37.3 Å². The smallest absolute Gasteiger partial charge is 0.269 e. The van der Waals surface area contributed by atoms with E-state index in [0.717, 1.165) is 40.0 Å². The van der Waals surface area contributed by atoms with Gasteiger partial charge < -0.3 is 10.3 Å². The Morgan fingerprint density at radius 1 is 0.970 bits per heavy atom. The number of nitrogens with zero attached hydrogens (tertiary/aromatic N) is 4. The van der Waals surface area contributed by atoms with Crippen LogP contribution < -0.4 is 5.73 Å². The third-order valence-electron chi connectivity index (χ3n) is 5.79. The summed E-state index contributed by atoms with van der Waals surface area (Å²) in [5, 5.41) is 14.4. The molecule has 0 saturated carbocycles. The van der Waals surface area contributed by atoms with Gasteiger partial charge in [0.1, 0.15) is 0 Å². The number of aromatic nitrogens is 3.